The first-order valence-electron chi connectivity index (χ1n) is 10.8. The van der Waals surface area contributed by atoms with Gasteiger partial charge in [0.25, 0.3) is 0 Å². The van der Waals surface area contributed by atoms with Crippen LogP contribution >= 0.6 is 0 Å². The van der Waals surface area contributed by atoms with Crippen LogP contribution in [0.2, 0.25) is 0 Å². The Morgan fingerprint density at radius 2 is 0.903 bits per heavy atom. The Balaban J connectivity index is 1.77. The molecule has 0 saturated heterocycles. The molecule has 0 spiro atoms. The average molecular weight is 395 g/mol. The summed E-state index contributed by atoms with van der Waals surface area (Å²) in [6.45, 7) is 2.16. The third kappa shape index (κ3) is 2.92. The second-order valence-electron chi connectivity index (χ2n) is 8.27. The fourth-order valence-corrected chi connectivity index (χ4v) is 4.88. The quantitative estimate of drug-likeness (QED) is 0.257. The highest BCUT2D eigenvalue weighted by Crippen LogP contribution is 2.43. The van der Waals surface area contributed by atoms with E-state index >= 15 is 0 Å². The predicted molar refractivity (Wildman–Crippen MR) is 135 cm³/mol. The molecule has 0 atom stereocenters. The lowest BCUT2D eigenvalue weighted by Gasteiger charge is -2.18. The van der Waals surface area contributed by atoms with Crippen molar-refractivity contribution < 1.29 is 0 Å². The van der Waals surface area contributed by atoms with Crippen LogP contribution in [-0.4, -0.2) is 0 Å². The molecule has 0 aliphatic heterocycles. The van der Waals surface area contributed by atoms with Crippen LogP contribution in [0.5, 0.6) is 0 Å². The average Bonchev–Trinajstić information content (AvgIpc) is 2.82. The molecule has 0 saturated carbocycles. The third-order valence-electron chi connectivity index (χ3n) is 6.28. The molecular weight excluding hydrogens is 372 g/mol. The summed E-state index contributed by atoms with van der Waals surface area (Å²) in [5, 5.41) is 7.76. The molecule has 0 N–H and O–H groups in total. The molecule has 0 bridgehead atoms. The van der Waals surface area contributed by atoms with E-state index in [0.29, 0.717) is 0 Å². The van der Waals surface area contributed by atoms with Crippen molar-refractivity contribution in [3.8, 4) is 22.3 Å². The van der Waals surface area contributed by atoms with Gasteiger partial charge in [0, 0.05) is 0 Å². The van der Waals surface area contributed by atoms with Gasteiger partial charge in [0.1, 0.15) is 0 Å². The fourth-order valence-electron chi connectivity index (χ4n) is 4.88. The molecule has 0 aliphatic rings. The first-order chi connectivity index (χ1) is 15.3. The summed E-state index contributed by atoms with van der Waals surface area (Å²) in [4.78, 5) is 0. The molecule has 0 heterocycles. The maximum Gasteiger partial charge on any atom is -0.00262 e. The molecule has 146 valence electrons. The maximum atomic E-state index is 2.35. The van der Waals surface area contributed by atoms with Crippen LogP contribution in [0.1, 0.15) is 5.56 Å². The van der Waals surface area contributed by atoms with Crippen molar-refractivity contribution in [2.45, 2.75) is 6.92 Å². The zero-order chi connectivity index (χ0) is 20.8. The van der Waals surface area contributed by atoms with Crippen LogP contribution in [0.25, 0.3) is 54.6 Å². The van der Waals surface area contributed by atoms with Gasteiger partial charge in [-0.15, -0.1) is 0 Å². The molecule has 0 aromatic heterocycles. The van der Waals surface area contributed by atoms with Crippen molar-refractivity contribution in [2.75, 3.05) is 0 Å². The van der Waals surface area contributed by atoms with Gasteiger partial charge in [-0.1, -0.05) is 115 Å². The summed E-state index contributed by atoms with van der Waals surface area (Å²) in [7, 11) is 0. The normalized spacial score (nSPS) is 11.4. The highest BCUT2D eigenvalue weighted by molar-refractivity contribution is 6.21. The molecule has 0 radical (unpaired) electrons. The van der Waals surface area contributed by atoms with Gasteiger partial charge in [0.15, 0.2) is 0 Å². The van der Waals surface area contributed by atoms with Crippen LogP contribution in [0.3, 0.4) is 0 Å². The minimum absolute atomic E-state index is 1.26. The van der Waals surface area contributed by atoms with E-state index in [1.165, 1.54) is 60.1 Å². The van der Waals surface area contributed by atoms with E-state index in [4.69, 9.17) is 0 Å². The Hall–Kier alpha value is -3.90. The number of hydrogen-bond donors (Lipinski definition) is 0. The third-order valence-corrected chi connectivity index (χ3v) is 6.28. The molecule has 6 aromatic carbocycles. The Morgan fingerprint density at radius 3 is 1.52 bits per heavy atom. The van der Waals surface area contributed by atoms with Crippen molar-refractivity contribution in [1.29, 1.82) is 0 Å². The van der Waals surface area contributed by atoms with Crippen molar-refractivity contribution in [2.24, 2.45) is 0 Å². The van der Waals surface area contributed by atoms with Gasteiger partial charge in [0.05, 0.1) is 0 Å². The Labute approximate surface area is 182 Å². The zero-order valence-corrected chi connectivity index (χ0v) is 17.5. The topological polar surface area (TPSA) is 0 Å². The Morgan fingerprint density at radius 1 is 0.387 bits per heavy atom. The summed E-state index contributed by atoms with van der Waals surface area (Å²) < 4.78 is 0. The highest BCUT2D eigenvalue weighted by Gasteiger charge is 2.16. The minimum atomic E-state index is 1.26. The van der Waals surface area contributed by atoms with Crippen molar-refractivity contribution >= 4 is 32.3 Å². The molecule has 0 fully saturated rings. The van der Waals surface area contributed by atoms with Crippen molar-refractivity contribution in [3.63, 3.8) is 0 Å². The zero-order valence-electron chi connectivity index (χ0n) is 17.5. The van der Waals surface area contributed by atoms with E-state index < -0.39 is 0 Å². The van der Waals surface area contributed by atoms with E-state index in [9.17, 15) is 0 Å². The standard InChI is InChI=1S/C31H22/c1-21-15-16-22-17-18-24(20-25(22)19-21)31-28-13-7-5-11-26(28)30(23-9-3-2-4-10-23)27-12-6-8-14-29(27)31/h2-20H,1H3. The molecular formula is C31H22. The summed E-state index contributed by atoms with van der Waals surface area (Å²) in [5.41, 5.74) is 6.45. The predicted octanol–water partition coefficient (Wildman–Crippen LogP) is 8.79. The maximum absolute atomic E-state index is 2.35. The Kier molecular flexibility index (Phi) is 4.11. The number of hydrogen-bond acceptors (Lipinski definition) is 0. The lowest BCUT2D eigenvalue weighted by atomic mass is 9.85. The van der Waals surface area contributed by atoms with Gasteiger partial charge in [-0.3, -0.25) is 0 Å². The summed E-state index contributed by atoms with van der Waals surface area (Å²) in [6, 6.07) is 42.0. The fraction of sp³-hybridized carbons (Fsp3) is 0.0323. The first-order valence-corrected chi connectivity index (χ1v) is 10.8. The molecule has 0 aliphatic carbocycles. The van der Waals surface area contributed by atoms with E-state index in [2.05, 4.69) is 122 Å². The van der Waals surface area contributed by atoms with E-state index in [-0.39, 0.29) is 0 Å². The number of fused-ring (bicyclic) bond motifs is 3. The summed E-state index contributed by atoms with van der Waals surface area (Å²) in [6.07, 6.45) is 0. The van der Waals surface area contributed by atoms with Gasteiger partial charge < -0.3 is 0 Å². The Bertz CT molecular complexity index is 1520. The second kappa shape index (κ2) is 7.11. The number of aryl methyl sites for hydroxylation is 1. The molecule has 0 amide bonds. The smallest absolute Gasteiger partial charge is 0.00262 e. The van der Waals surface area contributed by atoms with E-state index in [1.54, 1.807) is 0 Å². The monoisotopic (exact) mass is 394 g/mol. The molecule has 0 nitrogen and oxygen atoms in total. The van der Waals surface area contributed by atoms with Gasteiger partial charge in [-0.2, -0.15) is 0 Å². The minimum Gasteiger partial charge on any atom is -0.0622 e. The van der Waals surface area contributed by atoms with E-state index in [1.807, 2.05) is 0 Å². The van der Waals surface area contributed by atoms with Crippen LogP contribution < -0.4 is 0 Å². The van der Waals surface area contributed by atoms with Crippen LogP contribution in [0.15, 0.2) is 115 Å². The first kappa shape index (κ1) is 17.9. The van der Waals surface area contributed by atoms with Crippen LogP contribution in [0, 0.1) is 6.92 Å². The molecule has 6 rings (SSSR count). The number of rotatable bonds is 2. The van der Waals surface area contributed by atoms with Crippen LogP contribution in [0.4, 0.5) is 0 Å². The number of benzene rings is 6. The van der Waals surface area contributed by atoms with E-state index in [0.717, 1.165) is 0 Å². The van der Waals surface area contributed by atoms with Gasteiger partial charge in [-0.25, -0.2) is 0 Å². The highest BCUT2D eigenvalue weighted by atomic mass is 14.2. The molecule has 31 heavy (non-hydrogen) atoms. The van der Waals surface area contributed by atoms with Crippen LogP contribution in [-0.2, 0) is 0 Å². The summed E-state index contributed by atoms with van der Waals surface area (Å²) in [5.74, 6) is 0. The van der Waals surface area contributed by atoms with Gasteiger partial charge >= 0.3 is 0 Å². The molecule has 0 heteroatoms. The largest absolute Gasteiger partial charge is 0.0622 e. The SMILES string of the molecule is Cc1ccc2ccc(-c3c4ccccc4c(-c4ccccc4)c4ccccc34)cc2c1. The lowest BCUT2D eigenvalue weighted by molar-refractivity contribution is 1.51. The van der Waals surface area contributed by atoms with Crippen molar-refractivity contribution in [3.05, 3.63) is 121 Å². The van der Waals surface area contributed by atoms with Gasteiger partial charge in [0.2, 0.25) is 0 Å². The summed E-state index contributed by atoms with van der Waals surface area (Å²) >= 11 is 0. The molecule has 6 aromatic rings. The van der Waals surface area contributed by atoms with Gasteiger partial charge in [-0.05, 0) is 67.6 Å². The van der Waals surface area contributed by atoms with Crippen molar-refractivity contribution in [1.82, 2.24) is 0 Å². The lowest BCUT2D eigenvalue weighted by Crippen LogP contribution is -1.90. The second-order valence-corrected chi connectivity index (χ2v) is 8.27. The molecule has 0 unspecified atom stereocenters.